The van der Waals surface area contributed by atoms with Crippen LogP contribution in [0.4, 0.5) is 11.5 Å². The Morgan fingerprint density at radius 2 is 2.16 bits per heavy atom. The summed E-state index contributed by atoms with van der Waals surface area (Å²) in [6, 6.07) is 7.88. The second kappa shape index (κ2) is 4.66. The number of anilines is 2. The molecule has 1 amide bonds. The van der Waals surface area contributed by atoms with Crippen molar-refractivity contribution in [1.82, 2.24) is 9.97 Å². The summed E-state index contributed by atoms with van der Waals surface area (Å²) in [5.41, 5.74) is 4.79. The van der Waals surface area contributed by atoms with E-state index in [2.05, 4.69) is 15.4 Å². The van der Waals surface area contributed by atoms with Gasteiger partial charge < -0.3 is 10.3 Å². The summed E-state index contributed by atoms with van der Waals surface area (Å²) >= 11 is 0. The van der Waals surface area contributed by atoms with E-state index < -0.39 is 0 Å². The largest absolute Gasteiger partial charge is 0.307 e. The third-order valence-corrected chi connectivity index (χ3v) is 3.13. The highest BCUT2D eigenvalue weighted by atomic mass is 16.2. The Hall–Kier alpha value is -2.47. The van der Waals surface area contributed by atoms with Gasteiger partial charge >= 0.3 is 0 Å². The number of hydrazine groups is 1. The molecule has 19 heavy (non-hydrogen) atoms. The van der Waals surface area contributed by atoms with Crippen LogP contribution in [0.1, 0.15) is 16.1 Å². The Kier molecular flexibility index (Phi) is 2.85. The maximum Gasteiger partial charge on any atom is 0.278 e. The van der Waals surface area contributed by atoms with Crippen molar-refractivity contribution in [3.63, 3.8) is 0 Å². The van der Waals surface area contributed by atoms with E-state index in [9.17, 15) is 4.79 Å². The Labute approximate surface area is 110 Å². The molecule has 0 atom stereocenters. The Bertz CT molecular complexity index is 628. The number of aromatic nitrogens is 2. The molecule has 6 nitrogen and oxygen atoms in total. The molecule has 3 N–H and O–H groups in total. The fraction of sp³-hybridized carbons (Fsp3) is 0.154. The van der Waals surface area contributed by atoms with Gasteiger partial charge in [-0.1, -0.05) is 18.2 Å². The van der Waals surface area contributed by atoms with Crippen molar-refractivity contribution in [3.8, 4) is 0 Å². The fourth-order valence-electron chi connectivity index (χ4n) is 2.23. The van der Waals surface area contributed by atoms with Crippen molar-refractivity contribution >= 4 is 17.4 Å². The highest BCUT2D eigenvalue weighted by Gasteiger charge is 2.26. The first-order valence-electron chi connectivity index (χ1n) is 5.98. The number of fused-ring (bicyclic) bond motifs is 1. The first-order valence-corrected chi connectivity index (χ1v) is 5.98. The number of benzene rings is 1. The summed E-state index contributed by atoms with van der Waals surface area (Å²) in [5.74, 6) is 5.49. The van der Waals surface area contributed by atoms with Crippen LogP contribution in [0.3, 0.4) is 0 Å². The zero-order valence-electron chi connectivity index (χ0n) is 10.2. The van der Waals surface area contributed by atoms with Crippen molar-refractivity contribution < 1.29 is 4.79 Å². The van der Waals surface area contributed by atoms with Crippen LogP contribution in [0, 0.1) is 0 Å². The van der Waals surface area contributed by atoms with E-state index in [0.29, 0.717) is 12.4 Å². The SMILES string of the molecule is NNc1cncc(C(=O)N2CCc3ccccc32)n1. The zero-order chi connectivity index (χ0) is 13.2. The fourth-order valence-corrected chi connectivity index (χ4v) is 2.23. The van der Waals surface area contributed by atoms with Gasteiger partial charge in [-0.3, -0.25) is 9.78 Å². The molecule has 6 heteroatoms. The standard InChI is InChI=1S/C13H13N5O/c14-17-12-8-15-7-10(16-12)13(19)18-6-5-9-3-1-2-4-11(9)18/h1-4,7-8H,5-6,14H2,(H,16,17). The van der Waals surface area contributed by atoms with E-state index >= 15 is 0 Å². The number of para-hydroxylation sites is 1. The third-order valence-electron chi connectivity index (χ3n) is 3.13. The van der Waals surface area contributed by atoms with Crippen LogP contribution in [0.25, 0.3) is 0 Å². The monoisotopic (exact) mass is 255 g/mol. The number of nitrogens with one attached hydrogen (secondary N) is 1. The van der Waals surface area contributed by atoms with Gasteiger partial charge in [0.1, 0.15) is 5.69 Å². The summed E-state index contributed by atoms with van der Waals surface area (Å²) in [6.07, 6.45) is 3.78. The average molecular weight is 255 g/mol. The quantitative estimate of drug-likeness (QED) is 0.617. The van der Waals surface area contributed by atoms with Crippen molar-refractivity contribution in [2.45, 2.75) is 6.42 Å². The van der Waals surface area contributed by atoms with Crippen LogP contribution >= 0.6 is 0 Å². The molecule has 96 valence electrons. The van der Waals surface area contributed by atoms with E-state index in [1.54, 1.807) is 4.90 Å². The smallest absolute Gasteiger partial charge is 0.278 e. The molecule has 1 aromatic heterocycles. The third kappa shape index (κ3) is 2.02. The van der Waals surface area contributed by atoms with Crippen LogP contribution in [0.2, 0.25) is 0 Å². The molecule has 0 unspecified atom stereocenters. The number of rotatable bonds is 2. The Morgan fingerprint density at radius 1 is 1.32 bits per heavy atom. The first-order chi connectivity index (χ1) is 9.29. The number of hydrogen-bond donors (Lipinski definition) is 2. The molecule has 1 aromatic carbocycles. The predicted molar refractivity (Wildman–Crippen MR) is 71.7 cm³/mol. The van der Waals surface area contributed by atoms with E-state index in [-0.39, 0.29) is 11.6 Å². The molecule has 0 saturated carbocycles. The number of amides is 1. The average Bonchev–Trinajstić information content (AvgIpc) is 2.90. The Balaban J connectivity index is 1.93. The van der Waals surface area contributed by atoms with Crippen LogP contribution < -0.4 is 16.2 Å². The van der Waals surface area contributed by atoms with Crippen LogP contribution in [-0.2, 0) is 6.42 Å². The topological polar surface area (TPSA) is 84.1 Å². The maximum absolute atomic E-state index is 12.4. The molecule has 0 aliphatic carbocycles. The van der Waals surface area contributed by atoms with Gasteiger partial charge in [0, 0.05) is 12.2 Å². The van der Waals surface area contributed by atoms with Crippen molar-refractivity contribution in [2.75, 3.05) is 16.9 Å². The van der Waals surface area contributed by atoms with Crippen LogP contribution in [0.5, 0.6) is 0 Å². The molecule has 2 heterocycles. The second-order valence-corrected chi connectivity index (χ2v) is 4.27. The molecule has 0 saturated heterocycles. The molecule has 1 aliphatic heterocycles. The van der Waals surface area contributed by atoms with Gasteiger partial charge in [0.15, 0.2) is 5.82 Å². The summed E-state index contributed by atoms with van der Waals surface area (Å²) in [5, 5.41) is 0. The van der Waals surface area contributed by atoms with Gasteiger partial charge in [0.2, 0.25) is 0 Å². The summed E-state index contributed by atoms with van der Waals surface area (Å²) in [6.45, 7) is 0.667. The van der Waals surface area contributed by atoms with Gasteiger partial charge in [-0.25, -0.2) is 10.8 Å². The number of nitrogens with two attached hydrogens (primary N) is 1. The lowest BCUT2D eigenvalue weighted by Crippen LogP contribution is -2.30. The molecule has 0 spiro atoms. The minimum Gasteiger partial charge on any atom is -0.307 e. The highest BCUT2D eigenvalue weighted by Crippen LogP contribution is 2.28. The lowest BCUT2D eigenvalue weighted by molar-refractivity contribution is 0.0984. The van der Waals surface area contributed by atoms with E-state index in [0.717, 1.165) is 12.1 Å². The molecule has 3 rings (SSSR count). The molecular weight excluding hydrogens is 242 g/mol. The summed E-state index contributed by atoms with van der Waals surface area (Å²) in [7, 11) is 0. The minimum absolute atomic E-state index is 0.158. The van der Waals surface area contributed by atoms with E-state index in [1.165, 1.54) is 18.0 Å². The van der Waals surface area contributed by atoms with E-state index in [1.807, 2.05) is 24.3 Å². The molecule has 1 aliphatic rings. The molecule has 0 radical (unpaired) electrons. The summed E-state index contributed by atoms with van der Waals surface area (Å²) in [4.78, 5) is 22.2. The second-order valence-electron chi connectivity index (χ2n) is 4.27. The highest BCUT2D eigenvalue weighted by molar-refractivity contribution is 6.06. The maximum atomic E-state index is 12.4. The van der Waals surface area contributed by atoms with Gasteiger partial charge in [-0.2, -0.15) is 0 Å². The number of carbonyl (C=O) groups excluding carboxylic acids is 1. The number of nitrogens with zero attached hydrogens (tertiary/aromatic N) is 3. The van der Waals surface area contributed by atoms with Crippen molar-refractivity contribution in [2.24, 2.45) is 5.84 Å². The van der Waals surface area contributed by atoms with Gasteiger partial charge in [-0.05, 0) is 18.1 Å². The van der Waals surface area contributed by atoms with Crippen molar-refractivity contribution in [1.29, 1.82) is 0 Å². The van der Waals surface area contributed by atoms with Crippen LogP contribution in [0.15, 0.2) is 36.7 Å². The molecule has 0 bridgehead atoms. The molecule has 2 aromatic rings. The first kappa shape index (κ1) is 11.6. The van der Waals surface area contributed by atoms with Gasteiger partial charge in [0.05, 0.1) is 12.4 Å². The zero-order valence-corrected chi connectivity index (χ0v) is 10.2. The van der Waals surface area contributed by atoms with Gasteiger partial charge in [-0.15, -0.1) is 0 Å². The lowest BCUT2D eigenvalue weighted by atomic mass is 10.2. The summed E-state index contributed by atoms with van der Waals surface area (Å²) < 4.78 is 0. The number of nitrogen functional groups attached to an aromatic ring is 1. The predicted octanol–water partition coefficient (Wildman–Crippen LogP) is 0.965. The van der Waals surface area contributed by atoms with E-state index in [4.69, 9.17) is 5.84 Å². The molecule has 0 fully saturated rings. The Morgan fingerprint density at radius 3 is 3.00 bits per heavy atom. The van der Waals surface area contributed by atoms with Crippen molar-refractivity contribution in [3.05, 3.63) is 47.9 Å². The van der Waals surface area contributed by atoms with Gasteiger partial charge in [0.25, 0.3) is 5.91 Å². The minimum atomic E-state index is -0.158. The number of carbonyl (C=O) groups is 1. The number of hydrogen-bond acceptors (Lipinski definition) is 5. The van der Waals surface area contributed by atoms with Crippen LogP contribution in [-0.4, -0.2) is 22.4 Å². The molecular formula is C13H13N5O. The lowest BCUT2D eigenvalue weighted by Gasteiger charge is -2.16. The normalized spacial score (nSPS) is 13.2.